The van der Waals surface area contributed by atoms with Crippen molar-refractivity contribution < 1.29 is 5.21 Å². The molecule has 0 amide bonds. The summed E-state index contributed by atoms with van der Waals surface area (Å²) < 4.78 is 0. The third-order valence-electron chi connectivity index (χ3n) is 1.78. The number of nitrogens with zero attached hydrogens (tertiary/aromatic N) is 2. The van der Waals surface area contributed by atoms with Crippen LogP contribution in [-0.2, 0) is 6.54 Å². The summed E-state index contributed by atoms with van der Waals surface area (Å²) >= 11 is 0. The third kappa shape index (κ3) is 2.97. The summed E-state index contributed by atoms with van der Waals surface area (Å²) in [5.74, 6) is 2.45. The van der Waals surface area contributed by atoms with Gasteiger partial charge in [0.05, 0.1) is 6.54 Å². The van der Waals surface area contributed by atoms with Gasteiger partial charge in [-0.1, -0.05) is 17.1 Å². The lowest BCUT2D eigenvalue weighted by atomic mass is 10.2. The molecule has 0 aromatic carbocycles. The zero-order valence-corrected chi connectivity index (χ0v) is 8.14. The Kier molecular flexibility index (Phi) is 4.13. The van der Waals surface area contributed by atoms with Gasteiger partial charge in [0.1, 0.15) is 5.69 Å². The maximum atomic E-state index is 8.55. The molecular weight excluding hydrogens is 192 g/mol. The number of hydrogen-bond donors (Lipinski definition) is 3. The van der Waals surface area contributed by atoms with Crippen molar-refractivity contribution in [2.75, 3.05) is 6.54 Å². The van der Waals surface area contributed by atoms with Gasteiger partial charge < -0.3 is 16.3 Å². The van der Waals surface area contributed by atoms with Gasteiger partial charge in [-0.05, 0) is 11.6 Å². The van der Waals surface area contributed by atoms with Gasteiger partial charge in [0.25, 0.3) is 0 Å². The summed E-state index contributed by atoms with van der Waals surface area (Å²) in [6, 6.07) is 3.62. The van der Waals surface area contributed by atoms with E-state index in [-0.39, 0.29) is 5.84 Å². The molecule has 0 aliphatic carbocycles. The Morgan fingerprint density at radius 1 is 1.73 bits per heavy atom. The number of hydrogen-bond acceptors (Lipinski definition) is 4. The first kappa shape index (κ1) is 11.0. The van der Waals surface area contributed by atoms with Crippen molar-refractivity contribution in [3.8, 4) is 12.3 Å². The Morgan fingerprint density at radius 3 is 3.20 bits per heavy atom. The van der Waals surface area contributed by atoms with Gasteiger partial charge in [-0.2, -0.15) is 0 Å². The maximum Gasteiger partial charge on any atom is 0.189 e. The fourth-order valence-corrected chi connectivity index (χ4v) is 1.13. The Labute approximate surface area is 88.0 Å². The second-order valence-corrected chi connectivity index (χ2v) is 2.80. The second-order valence-electron chi connectivity index (χ2n) is 2.80. The minimum absolute atomic E-state index is 0.00638. The minimum atomic E-state index is -0.00638. The molecule has 0 atom stereocenters. The van der Waals surface area contributed by atoms with Crippen LogP contribution in [-0.4, -0.2) is 22.6 Å². The monoisotopic (exact) mass is 204 g/mol. The number of terminal acetylenes is 1. The smallest absolute Gasteiger partial charge is 0.189 e. The van der Waals surface area contributed by atoms with E-state index in [4.69, 9.17) is 17.4 Å². The molecule has 0 aliphatic rings. The predicted octanol–water partition coefficient (Wildman–Crippen LogP) is -0.101. The number of nitrogens with one attached hydrogen (secondary N) is 1. The molecule has 1 rings (SSSR count). The van der Waals surface area contributed by atoms with E-state index in [1.807, 2.05) is 6.07 Å². The van der Waals surface area contributed by atoms with Crippen molar-refractivity contribution in [3.05, 3.63) is 29.6 Å². The van der Waals surface area contributed by atoms with Gasteiger partial charge >= 0.3 is 0 Å². The van der Waals surface area contributed by atoms with E-state index in [1.54, 1.807) is 12.3 Å². The highest BCUT2D eigenvalue weighted by molar-refractivity contribution is 5.96. The molecule has 0 saturated carbocycles. The second kappa shape index (κ2) is 5.62. The summed E-state index contributed by atoms with van der Waals surface area (Å²) in [7, 11) is 0. The summed E-state index contributed by atoms with van der Waals surface area (Å²) in [6.07, 6.45) is 6.68. The van der Waals surface area contributed by atoms with Gasteiger partial charge in [-0.3, -0.25) is 4.98 Å². The van der Waals surface area contributed by atoms with Crippen LogP contribution in [0.1, 0.15) is 11.3 Å². The van der Waals surface area contributed by atoms with Crippen LogP contribution in [0.25, 0.3) is 0 Å². The van der Waals surface area contributed by atoms with Gasteiger partial charge in [0, 0.05) is 12.7 Å². The van der Waals surface area contributed by atoms with Crippen LogP contribution in [0, 0.1) is 12.3 Å². The summed E-state index contributed by atoms with van der Waals surface area (Å²) in [5.41, 5.74) is 6.77. The molecule has 0 bridgehead atoms. The quantitative estimate of drug-likeness (QED) is 0.160. The standard InChI is InChI=1S/C10H12N4O/c1-2-5-12-7-8-4-3-6-13-9(8)10(11)14-15/h1,3-4,6,12,15H,5,7H2,(H2,11,14). The molecule has 5 heteroatoms. The number of oxime groups is 1. The van der Waals surface area contributed by atoms with E-state index in [1.165, 1.54) is 0 Å². The Morgan fingerprint density at radius 2 is 2.53 bits per heavy atom. The van der Waals surface area contributed by atoms with Crippen molar-refractivity contribution in [1.82, 2.24) is 10.3 Å². The van der Waals surface area contributed by atoms with Crippen LogP contribution in [0.15, 0.2) is 23.5 Å². The highest BCUT2D eigenvalue weighted by Gasteiger charge is 2.06. The highest BCUT2D eigenvalue weighted by Crippen LogP contribution is 2.04. The molecule has 1 aromatic heterocycles. The molecule has 15 heavy (non-hydrogen) atoms. The molecule has 0 aliphatic heterocycles. The molecule has 0 radical (unpaired) electrons. The first-order valence-electron chi connectivity index (χ1n) is 4.35. The number of pyridine rings is 1. The molecule has 5 nitrogen and oxygen atoms in total. The van der Waals surface area contributed by atoms with Crippen molar-refractivity contribution in [2.45, 2.75) is 6.54 Å². The van der Waals surface area contributed by atoms with E-state index in [2.05, 4.69) is 21.4 Å². The molecule has 78 valence electrons. The van der Waals surface area contributed by atoms with Crippen LogP contribution < -0.4 is 11.1 Å². The molecule has 0 fully saturated rings. The third-order valence-corrected chi connectivity index (χ3v) is 1.78. The molecular formula is C10H12N4O. The predicted molar refractivity (Wildman–Crippen MR) is 57.3 cm³/mol. The molecule has 4 N–H and O–H groups in total. The molecule has 1 aromatic rings. The fourth-order valence-electron chi connectivity index (χ4n) is 1.13. The van der Waals surface area contributed by atoms with Crippen molar-refractivity contribution in [1.29, 1.82) is 0 Å². The lowest BCUT2D eigenvalue weighted by Crippen LogP contribution is -2.21. The van der Waals surface area contributed by atoms with Gasteiger partial charge in [0.2, 0.25) is 0 Å². The molecule has 0 unspecified atom stereocenters. The summed E-state index contributed by atoms with van der Waals surface area (Å²) in [4.78, 5) is 4.02. The SMILES string of the molecule is C#CCNCc1cccnc1C(N)=NO. The molecule has 0 spiro atoms. The Bertz CT molecular complexity index is 395. The zero-order chi connectivity index (χ0) is 11.1. The average molecular weight is 204 g/mol. The van der Waals surface area contributed by atoms with Crippen LogP contribution in [0.3, 0.4) is 0 Å². The van der Waals surface area contributed by atoms with Crippen molar-refractivity contribution in [2.24, 2.45) is 10.9 Å². The van der Waals surface area contributed by atoms with E-state index < -0.39 is 0 Å². The van der Waals surface area contributed by atoms with Gasteiger partial charge in [-0.25, -0.2) is 0 Å². The molecule has 0 saturated heterocycles. The fraction of sp³-hybridized carbons (Fsp3) is 0.200. The van der Waals surface area contributed by atoms with E-state index in [0.717, 1.165) is 5.56 Å². The Balaban J connectivity index is 2.83. The van der Waals surface area contributed by atoms with E-state index >= 15 is 0 Å². The summed E-state index contributed by atoms with van der Waals surface area (Å²) in [5, 5.41) is 14.5. The number of amidine groups is 1. The first-order chi connectivity index (χ1) is 7.29. The maximum absolute atomic E-state index is 8.55. The minimum Gasteiger partial charge on any atom is -0.409 e. The lowest BCUT2D eigenvalue weighted by molar-refractivity contribution is 0.318. The zero-order valence-electron chi connectivity index (χ0n) is 8.14. The normalized spacial score (nSPS) is 11.0. The van der Waals surface area contributed by atoms with Gasteiger partial charge in [0.15, 0.2) is 5.84 Å². The van der Waals surface area contributed by atoms with E-state index in [0.29, 0.717) is 18.8 Å². The summed E-state index contributed by atoms with van der Waals surface area (Å²) in [6.45, 7) is 0.994. The van der Waals surface area contributed by atoms with Crippen molar-refractivity contribution in [3.63, 3.8) is 0 Å². The van der Waals surface area contributed by atoms with Crippen LogP contribution >= 0.6 is 0 Å². The number of aromatic nitrogens is 1. The number of nitrogens with two attached hydrogens (primary N) is 1. The molecule has 1 heterocycles. The van der Waals surface area contributed by atoms with Crippen LogP contribution in [0.4, 0.5) is 0 Å². The van der Waals surface area contributed by atoms with Crippen LogP contribution in [0.2, 0.25) is 0 Å². The largest absolute Gasteiger partial charge is 0.409 e. The van der Waals surface area contributed by atoms with Crippen LogP contribution in [0.5, 0.6) is 0 Å². The lowest BCUT2D eigenvalue weighted by Gasteiger charge is -2.06. The average Bonchev–Trinajstić information content (AvgIpc) is 2.29. The van der Waals surface area contributed by atoms with E-state index in [9.17, 15) is 0 Å². The first-order valence-corrected chi connectivity index (χ1v) is 4.35. The highest BCUT2D eigenvalue weighted by atomic mass is 16.4. The van der Waals surface area contributed by atoms with Gasteiger partial charge in [-0.15, -0.1) is 6.42 Å². The topological polar surface area (TPSA) is 83.5 Å². The van der Waals surface area contributed by atoms with Crippen molar-refractivity contribution >= 4 is 5.84 Å². The number of rotatable bonds is 4. The Hall–Kier alpha value is -2.06.